The van der Waals surface area contributed by atoms with Gasteiger partial charge in [0, 0.05) is 43.0 Å². The maximum atomic E-state index is 15.3. The highest BCUT2D eigenvalue weighted by atomic mass is 32.2. The second kappa shape index (κ2) is 8.71. The van der Waals surface area contributed by atoms with Crippen molar-refractivity contribution in [1.82, 2.24) is 19.1 Å². The van der Waals surface area contributed by atoms with Crippen LogP contribution in [-0.2, 0) is 16.6 Å². The van der Waals surface area contributed by atoms with Crippen LogP contribution in [0.5, 0.6) is 0 Å². The van der Waals surface area contributed by atoms with E-state index < -0.39 is 15.3 Å². The van der Waals surface area contributed by atoms with Crippen molar-refractivity contribution in [3.8, 4) is 0 Å². The number of benzene rings is 2. The molecule has 0 unspecified atom stereocenters. The van der Waals surface area contributed by atoms with E-state index in [9.17, 15) is 8.42 Å². The molecule has 3 aliphatic heterocycles. The Kier molecular flexibility index (Phi) is 5.64. The molecule has 5 atom stereocenters. The number of sulfonamides is 1. The number of halogens is 1. The summed E-state index contributed by atoms with van der Waals surface area (Å²) in [5.74, 6) is 0.657. The van der Waals surface area contributed by atoms with E-state index >= 15 is 4.39 Å². The van der Waals surface area contributed by atoms with Crippen LogP contribution in [0.2, 0.25) is 0 Å². The minimum Gasteiger partial charge on any atom is -0.371 e. The molecule has 184 valence electrons. The van der Waals surface area contributed by atoms with Gasteiger partial charge < -0.3 is 9.47 Å². The lowest BCUT2D eigenvalue weighted by Gasteiger charge is -2.54. The van der Waals surface area contributed by atoms with Crippen molar-refractivity contribution in [3.63, 3.8) is 0 Å². The number of hydrogen-bond acceptors (Lipinski definition) is 5. The maximum Gasteiger partial charge on any atom is 0.221 e. The van der Waals surface area contributed by atoms with Crippen molar-refractivity contribution in [3.05, 3.63) is 78.1 Å². The van der Waals surface area contributed by atoms with Crippen LogP contribution in [0.1, 0.15) is 48.6 Å². The summed E-state index contributed by atoms with van der Waals surface area (Å²) < 4.78 is 45.9. The average Bonchev–Trinajstić information content (AvgIpc) is 3.36. The van der Waals surface area contributed by atoms with E-state index in [-0.39, 0.29) is 18.4 Å². The van der Waals surface area contributed by atoms with Crippen molar-refractivity contribution in [2.24, 2.45) is 11.8 Å². The molecule has 1 aromatic heterocycles. The van der Waals surface area contributed by atoms with Crippen molar-refractivity contribution in [2.75, 3.05) is 18.0 Å². The van der Waals surface area contributed by atoms with E-state index in [4.69, 9.17) is 0 Å². The summed E-state index contributed by atoms with van der Waals surface area (Å²) in [5, 5.41) is 7.30. The number of nitrogens with zero attached hydrogens (tertiary/aromatic N) is 5. The van der Waals surface area contributed by atoms with Gasteiger partial charge in [-0.05, 0) is 55.7 Å². The second-order valence-electron chi connectivity index (χ2n) is 10.3. The lowest BCUT2D eigenvalue weighted by molar-refractivity contribution is 0.0579. The molecule has 0 amide bonds. The smallest absolute Gasteiger partial charge is 0.221 e. The van der Waals surface area contributed by atoms with Gasteiger partial charge in [-0.25, -0.2) is 12.8 Å². The Morgan fingerprint density at radius 1 is 1.00 bits per heavy atom. The molecule has 2 aromatic carbocycles. The Hall–Kier alpha value is -2.78. The van der Waals surface area contributed by atoms with Crippen LogP contribution < -0.4 is 4.90 Å². The van der Waals surface area contributed by atoms with E-state index in [1.807, 2.05) is 43.3 Å². The van der Waals surface area contributed by atoms with Gasteiger partial charge in [0.05, 0.1) is 0 Å². The van der Waals surface area contributed by atoms with Gasteiger partial charge in [0.1, 0.15) is 23.7 Å². The standard InChI is InChI=1S/C26H30FN5O2S/c1-18-7-10-25(19-5-3-2-4-6-19)35(33,34)32(18)15-20-8-9-23(12-24(20)27)30-13-21-11-22(14-30)26(21)31-16-28-29-17-31/h2-6,8-9,12,16-18,21-22,25-26H,7,10-11,13-15H2,1H3/t18-,21-,22+,25+,26-/m0/s1. The number of rotatable bonds is 5. The Labute approximate surface area is 205 Å². The molecular formula is C26H30FN5O2S. The SMILES string of the molecule is C[C@H]1CC[C@H](c2ccccc2)S(=O)(=O)N1Cc1ccc(N2C[C@H]3C[C@@H](C2)[C@@H]3n2cnnc2)cc1F. The van der Waals surface area contributed by atoms with E-state index in [0.29, 0.717) is 29.9 Å². The van der Waals surface area contributed by atoms with Crippen molar-refractivity contribution >= 4 is 15.7 Å². The van der Waals surface area contributed by atoms with Gasteiger partial charge in [-0.1, -0.05) is 36.4 Å². The third kappa shape index (κ3) is 3.94. The summed E-state index contributed by atoms with van der Waals surface area (Å²) in [4.78, 5) is 2.25. The van der Waals surface area contributed by atoms with Crippen LogP contribution in [0.3, 0.4) is 0 Å². The zero-order chi connectivity index (χ0) is 24.2. The third-order valence-corrected chi connectivity index (χ3v) is 10.6. The van der Waals surface area contributed by atoms with Gasteiger partial charge in [0.2, 0.25) is 10.0 Å². The molecule has 9 heteroatoms. The zero-order valence-electron chi connectivity index (χ0n) is 19.7. The Morgan fingerprint density at radius 2 is 1.71 bits per heavy atom. The first-order valence-corrected chi connectivity index (χ1v) is 13.8. The number of fused-ring (bicyclic) bond motifs is 2. The largest absolute Gasteiger partial charge is 0.371 e. The Balaban J connectivity index is 1.18. The predicted molar refractivity (Wildman–Crippen MR) is 132 cm³/mol. The number of piperidine rings is 2. The molecule has 4 heterocycles. The molecule has 4 fully saturated rings. The molecule has 7 rings (SSSR count). The molecule has 0 N–H and O–H groups in total. The molecular weight excluding hydrogens is 465 g/mol. The van der Waals surface area contributed by atoms with Crippen LogP contribution in [0.25, 0.3) is 0 Å². The quantitative estimate of drug-likeness (QED) is 0.531. The third-order valence-electron chi connectivity index (χ3n) is 8.19. The van der Waals surface area contributed by atoms with Crippen LogP contribution in [-0.4, -0.2) is 46.6 Å². The summed E-state index contributed by atoms with van der Waals surface area (Å²) >= 11 is 0. The lowest BCUT2D eigenvalue weighted by Crippen LogP contribution is -2.55. The van der Waals surface area contributed by atoms with E-state index in [1.54, 1.807) is 24.8 Å². The molecule has 1 aliphatic carbocycles. The molecule has 0 radical (unpaired) electrons. The molecule has 3 saturated heterocycles. The number of anilines is 1. The minimum atomic E-state index is -3.60. The van der Waals surface area contributed by atoms with Gasteiger partial charge in [0.25, 0.3) is 0 Å². The zero-order valence-corrected chi connectivity index (χ0v) is 20.6. The maximum absolute atomic E-state index is 15.3. The van der Waals surface area contributed by atoms with E-state index in [2.05, 4.69) is 19.7 Å². The highest BCUT2D eigenvalue weighted by Crippen LogP contribution is 2.49. The fourth-order valence-electron chi connectivity index (χ4n) is 6.30. The highest BCUT2D eigenvalue weighted by molar-refractivity contribution is 7.89. The lowest BCUT2D eigenvalue weighted by atomic mass is 9.66. The van der Waals surface area contributed by atoms with Crippen LogP contribution in [0.4, 0.5) is 10.1 Å². The van der Waals surface area contributed by atoms with Gasteiger partial charge >= 0.3 is 0 Å². The first-order chi connectivity index (χ1) is 16.9. The first-order valence-electron chi connectivity index (χ1n) is 12.3. The highest BCUT2D eigenvalue weighted by Gasteiger charge is 2.48. The van der Waals surface area contributed by atoms with Crippen LogP contribution >= 0.6 is 0 Å². The first kappa shape index (κ1) is 22.7. The van der Waals surface area contributed by atoms with Gasteiger partial charge in [-0.15, -0.1) is 10.2 Å². The molecule has 4 aliphatic rings. The van der Waals surface area contributed by atoms with Crippen molar-refractivity contribution < 1.29 is 12.8 Å². The number of hydrogen-bond donors (Lipinski definition) is 0. The topological polar surface area (TPSA) is 71.3 Å². The second-order valence-corrected chi connectivity index (χ2v) is 12.3. The van der Waals surface area contributed by atoms with Gasteiger partial charge in [0.15, 0.2) is 0 Å². The summed E-state index contributed by atoms with van der Waals surface area (Å²) in [6, 6.07) is 14.9. The Morgan fingerprint density at radius 3 is 2.40 bits per heavy atom. The van der Waals surface area contributed by atoms with E-state index in [0.717, 1.165) is 30.8 Å². The van der Waals surface area contributed by atoms with Crippen LogP contribution in [0.15, 0.2) is 61.2 Å². The molecule has 7 nitrogen and oxygen atoms in total. The molecule has 3 aromatic rings. The fraction of sp³-hybridized carbons (Fsp3) is 0.462. The molecule has 35 heavy (non-hydrogen) atoms. The fourth-order valence-corrected chi connectivity index (χ4v) is 8.49. The molecule has 0 spiro atoms. The Bertz CT molecular complexity index is 1290. The van der Waals surface area contributed by atoms with Crippen molar-refractivity contribution in [2.45, 2.75) is 50.1 Å². The number of aromatic nitrogens is 3. The monoisotopic (exact) mass is 495 g/mol. The van der Waals surface area contributed by atoms with Gasteiger partial charge in [-0.2, -0.15) is 4.31 Å². The summed E-state index contributed by atoms with van der Waals surface area (Å²) in [6.07, 6.45) is 6.08. The average molecular weight is 496 g/mol. The minimum absolute atomic E-state index is 0.0555. The normalized spacial score (nSPS) is 30.1. The molecule has 1 saturated carbocycles. The summed E-state index contributed by atoms with van der Waals surface area (Å²) in [6.45, 7) is 3.71. The van der Waals surface area contributed by atoms with Gasteiger partial charge in [-0.3, -0.25) is 0 Å². The molecule has 2 bridgehead atoms. The van der Waals surface area contributed by atoms with Crippen molar-refractivity contribution in [1.29, 1.82) is 0 Å². The summed E-state index contributed by atoms with van der Waals surface area (Å²) in [5.41, 5.74) is 2.08. The van der Waals surface area contributed by atoms with E-state index in [1.165, 1.54) is 10.7 Å². The predicted octanol–water partition coefficient (Wildman–Crippen LogP) is 4.17. The summed E-state index contributed by atoms with van der Waals surface area (Å²) in [7, 11) is -3.60. The van der Waals surface area contributed by atoms with Crippen LogP contribution in [0, 0.1) is 17.7 Å².